The summed E-state index contributed by atoms with van der Waals surface area (Å²) in [7, 11) is 0. The van der Waals surface area contributed by atoms with Gasteiger partial charge in [-0.25, -0.2) is 14.4 Å². The molecule has 0 aromatic carbocycles. The standard InChI is InChI=1S/C40H65N5O18/c1-31-32(42-40(53)41-31)5-3-2-4-6-33(46)43(13-17-56-21-25-60-29-27-58-23-19-54-15-11-38(51)62-44-34(47)7-8-35(44)48)14-18-57-22-26-61-30-28-59-24-20-55-16-12-39(52)63-45-36(49)9-10-37(45)50/h31-32H,2-30H2,1H3,(H2,41,42,53)/t31-,32+/m0/s1. The van der Waals surface area contributed by atoms with Gasteiger partial charge in [-0.15, -0.1) is 10.1 Å². The molecule has 0 aromatic heterocycles. The van der Waals surface area contributed by atoms with Gasteiger partial charge < -0.3 is 63.1 Å². The molecule has 3 aliphatic heterocycles. The first kappa shape index (κ1) is 53.0. The van der Waals surface area contributed by atoms with Crippen LogP contribution in [-0.4, -0.2) is 193 Å². The quantitative estimate of drug-likeness (QED) is 0.0608. The first-order valence-electron chi connectivity index (χ1n) is 21.6. The van der Waals surface area contributed by atoms with Crippen LogP contribution < -0.4 is 10.6 Å². The van der Waals surface area contributed by atoms with Crippen molar-refractivity contribution in [2.75, 3.05) is 119 Å². The zero-order valence-electron chi connectivity index (χ0n) is 36.4. The molecule has 0 radical (unpaired) electrons. The van der Waals surface area contributed by atoms with Crippen molar-refractivity contribution in [3.8, 4) is 0 Å². The summed E-state index contributed by atoms with van der Waals surface area (Å²) in [6.07, 6.45) is 3.62. The van der Waals surface area contributed by atoms with Gasteiger partial charge in [0.1, 0.15) is 0 Å². The summed E-state index contributed by atoms with van der Waals surface area (Å²) in [5.74, 6) is -3.59. The van der Waals surface area contributed by atoms with E-state index in [-0.39, 0.29) is 102 Å². The van der Waals surface area contributed by atoms with E-state index in [1.54, 1.807) is 4.90 Å². The number of carbonyl (C=O) groups excluding carboxylic acids is 8. The molecule has 2 N–H and O–H groups in total. The van der Waals surface area contributed by atoms with E-state index in [0.29, 0.717) is 95.7 Å². The number of hydrogen-bond donors (Lipinski definition) is 2. The predicted octanol–water partition coefficient (Wildman–Crippen LogP) is -0.0372. The molecule has 7 amide bonds. The van der Waals surface area contributed by atoms with Crippen LogP contribution in [0.4, 0.5) is 4.79 Å². The summed E-state index contributed by atoms with van der Waals surface area (Å²) in [5.41, 5.74) is 0. The number of nitrogens with zero attached hydrogens (tertiary/aromatic N) is 3. The van der Waals surface area contributed by atoms with Crippen molar-refractivity contribution >= 4 is 47.5 Å². The van der Waals surface area contributed by atoms with Gasteiger partial charge in [0, 0.05) is 51.2 Å². The minimum Gasteiger partial charge on any atom is -0.378 e. The Morgan fingerprint density at radius 3 is 1.22 bits per heavy atom. The minimum absolute atomic E-state index is 0.00569. The molecule has 0 aliphatic carbocycles. The van der Waals surface area contributed by atoms with Gasteiger partial charge in [-0.05, 0) is 19.8 Å². The highest BCUT2D eigenvalue weighted by Gasteiger charge is 2.34. The predicted molar refractivity (Wildman–Crippen MR) is 215 cm³/mol. The second-order valence-electron chi connectivity index (χ2n) is 14.5. The lowest BCUT2D eigenvalue weighted by Gasteiger charge is -2.23. The Morgan fingerprint density at radius 2 is 0.857 bits per heavy atom. The monoisotopic (exact) mass is 903 g/mol. The third-order valence-corrected chi connectivity index (χ3v) is 9.58. The van der Waals surface area contributed by atoms with Crippen LogP contribution in [0.25, 0.3) is 0 Å². The Hall–Kier alpha value is -4.36. The summed E-state index contributed by atoms with van der Waals surface area (Å²) >= 11 is 0. The van der Waals surface area contributed by atoms with E-state index >= 15 is 0 Å². The molecule has 63 heavy (non-hydrogen) atoms. The zero-order valence-corrected chi connectivity index (χ0v) is 36.4. The summed E-state index contributed by atoms with van der Waals surface area (Å²) in [6.45, 7) is 7.17. The number of carbonyl (C=O) groups is 8. The SMILES string of the molecule is C[C@@H]1NC(=O)N[C@@H]1CCCCCC(=O)N(CCOCCOCCOCCOCCC(=O)ON1C(=O)CCC1=O)CCOCCOCCOCCOCCC(=O)ON1C(=O)CCC1=O. The van der Waals surface area contributed by atoms with Gasteiger partial charge in [-0.2, -0.15) is 0 Å². The van der Waals surface area contributed by atoms with Crippen LogP contribution in [0.2, 0.25) is 0 Å². The summed E-state index contributed by atoms with van der Waals surface area (Å²) in [4.78, 5) is 105. The summed E-state index contributed by atoms with van der Waals surface area (Å²) in [5, 5.41) is 6.77. The van der Waals surface area contributed by atoms with Crippen molar-refractivity contribution in [2.24, 2.45) is 0 Å². The van der Waals surface area contributed by atoms with Crippen LogP contribution in [0.1, 0.15) is 77.6 Å². The fourth-order valence-corrected chi connectivity index (χ4v) is 6.10. The normalized spacial score (nSPS) is 17.4. The molecule has 3 aliphatic rings. The highest BCUT2D eigenvalue weighted by molar-refractivity contribution is 6.02. The fourth-order valence-electron chi connectivity index (χ4n) is 6.10. The van der Waals surface area contributed by atoms with E-state index in [0.717, 1.165) is 25.7 Å². The largest absolute Gasteiger partial charge is 0.378 e. The number of rotatable bonds is 38. The molecular weight excluding hydrogens is 838 g/mol. The number of ether oxygens (including phenoxy) is 8. The van der Waals surface area contributed by atoms with E-state index in [4.69, 9.17) is 47.6 Å². The molecular formula is C40H65N5O18. The molecule has 3 saturated heterocycles. The molecule has 0 spiro atoms. The summed E-state index contributed by atoms with van der Waals surface area (Å²) < 4.78 is 44.0. The average molecular weight is 904 g/mol. The summed E-state index contributed by atoms with van der Waals surface area (Å²) in [6, 6.07) is 0.0261. The van der Waals surface area contributed by atoms with Crippen LogP contribution in [0.5, 0.6) is 0 Å². The van der Waals surface area contributed by atoms with Gasteiger partial charge in [-0.3, -0.25) is 24.0 Å². The molecule has 2 atom stereocenters. The molecule has 23 heteroatoms. The van der Waals surface area contributed by atoms with Crippen molar-refractivity contribution in [3.05, 3.63) is 0 Å². The molecule has 0 unspecified atom stereocenters. The number of imide groups is 2. The Bertz CT molecular complexity index is 1330. The van der Waals surface area contributed by atoms with E-state index < -0.39 is 35.6 Å². The third kappa shape index (κ3) is 23.2. The van der Waals surface area contributed by atoms with Crippen molar-refractivity contribution < 1.29 is 85.9 Å². The molecule has 23 nitrogen and oxygen atoms in total. The highest BCUT2D eigenvalue weighted by Crippen LogP contribution is 2.15. The van der Waals surface area contributed by atoms with E-state index in [2.05, 4.69) is 10.6 Å². The number of unbranched alkanes of at least 4 members (excludes halogenated alkanes) is 2. The molecule has 0 bridgehead atoms. The van der Waals surface area contributed by atoms with Crippen LogP contribution in [0, 0.1) is 0 Å². The maximum absolute atomic E-state index is 13.1. The molecule has 3 heterocycles. The number of hydroxylamine groups is 4. The molecule has 358 valence electrons. The van der Waals surface area contributed by atoms with Crippen molar-refractivity contribution in [3.63, 3.8) is 0 Å². The van der Waals surface area contributed by atoms with Crippen LogP contribution in [0.15, 0.2) is 0 Å². The van der Waals surface area contributed by atoms with Gasteiger partial charge >= 0.3 is 18.0 Å². The second-order valence-corrected chi connectivity index (χ2v) is 14.5. The molecule has 0 saturated carbocycles. The number of urea groups is 1. The zero-order chi connectivity index (χ0) is 45.5. The van der Waals surface area contributed by atoms with Gasteiger partial charge in [0.15, 0.2) is 0 Å². The Labute approximate surface area is 367 Å². The van der Waals surface area contributed by atoms with E-state index in [1.165, 1.54) is 0 Å². The first-order valence-corrected chi connectivity index (χ1v) is 21.6. The third-order valence-electron chi connectivity index (χ3n) is 9.58. The van der Waals surface area contributed by atoms with Gasteiger partial charge in [0.25, 0.3) is 23.6 Å². The van der Waals surface area contributed by atoms with Crippen LogP contribution >= 0.6 is 0 Å². The van der Waals surface area contributed by atoms with Crippen LogP contribution in [0.3, 0.4) is 0 Å². The Kier molecular flexibility index (Phi) is 27.2. The van der Waals surface area contributed by atoms with Gasteiger partial charge in [-0.1, -0.05) is 12.8 Å². The maximum Gasteiger partial charge on any atom is 0.335 e. The lowest BCUT2D eigenvalue weighted by molar-refractivity contribution is -0.198. The highest BCUT2D eigenvalue weighted by atomic mass is 16.7. The van der Waals surface area contributed by atoms with Gasteiger partial charge in [0.05, 0.1) is 125 Å². The number of amides is 7. The van der Waals surface area contributed by atoms with E-state index in [9.17, 15) is 38.4 Å². The fraction of sp³-hybridized carbons (Fsp3) is 0.800. The first-order chi connectivity index (χ1) is 30.5. The number of hydrogen-bond acceptors (Lipinski definition) is 18. The Balaban J connectivity index is 1.16. The molecule has 3 rings (SSSR count). The Morgan fingerprint density at radius 1 is 0.492 bits per heavy atom. The lowest BCUT2D eigenvalue weighted by atomic mass is 10.0. The molecule has 3 fully saturated rings. The van der Waals surface area contributed by atoms with Gasteiger partial charge in [0.2, 0.25) is 5.91 Å². The average Bonchev–Trinajstić information content (AvgIpc) is 3.88. The topological polar surface area (TPSA) is 263 Å². The van der Waals surface area contributed by atoms with Crippen LogP contribution in [-0.2, 0) is 81.1 Å². The second kappa shape index (κ2) is 32.3. The smallest absolute Gasteiger partial charge is 0.335 e. The number of nitrogens with one attached hydrogen (secondary N) is 2. The lowest BCUT2D eigenvalue weighted by Crippen LogP contribution is -2.37. The van der Waals surface area contributed by atoms with Crippen molar-refractivity contribution in [1.82, 2.24) is 25.7 Å². The van der Waals surface area contributed by atoms with E-state index in [1.807, 2.05) is 6.92 Å². The van der Waals surface area contributed by atoms with Crippen molar-refractivity contribution in [1.29, 1.82) is 0 Å². The minimum atomic E-state index is -0.728. The maximum atomic E-state index is 13.1. The molecule has 0 aromatic rings. The van der Waals surface area contributed by atoms with Crippen molar-refractivity contribution in [2.45, 2.75) is 89.6 Å².